The largest absolute Gasteiger partial charge is 0.369 e. The second-order valence-corrected chi connectivity index (χ2v) is 7.55. The van der Waals surface area contributed by atoms with Gasteiger partial charge < -0.3 is 10.6 Å². The summed E-state index contributed by atoms with van der Waals surface area (Å²) in [7, 11) is 0. The second kappa shape index (κ2) is 9.13. The molecular formula is C22H24ClN5. The maximum absolute atomic E-state index is 6.05. The van der Waals surface area contributed by atoms with E-state index in [2.05, 4.69) is 20.6 Å². The molecule has 0 spiro atoms. The predicted molar refractivity (Wildman–Crippen MR) is 114 cm³/mol. The molecule has 0 unspecified atom stereocenters. The minimum absolute atomic E-state index is 0.676. The van der Waals surface area contributed by atoms with Crippen molar-refractivity contribution in [2.24, 2.45) is 5.92 Å². The summed E-state index contributed by atoms with van der Waals surface area (Å²) >= 11 is 6.05. The first-order valence-corrected chi connectivity index (χ1v) is 10.2. The maximum atomic E-state index is 6.05. The molecule has 4 rings (SSSR count). The van der Waals surface area contributed by atoms with Crippen LogP contribution in [-0.4, -0.2) is 34.6 Å². The smallest absolute Gasteiger partial charge is 0.163 e. The molecule has 0 bridgehead atoms. The quantitative estimate of drug-likeness (QED) is 0.637. The number of anilines is 1. The molecule has 0 saturated carbocycles. The van der Waals surface area contributed by atoms with Crippen molar-refractivity contribution >= 4 is 17.4 Å². The minimum Gasteiger partial charge on any atom is -0.369 e. The molecule has 0 atom stereocenters. The Bertz CT molecular complexity index is 893. The molecule has 2 aromatic heterocycles. The molecule has 2 N–H and O–H groups in total. The molecule has 3 aromatic rings. The predicted octanol–water partition coefficient (Wildman–Crippen LogP) is 4.66. The van der Waals surface area contributed by atoms with Gasteiger partial charge in [0.05, 0.1) is 0 Å². The lowest BCUT2D eigenvalue weighted by atomic mass is 9.95. The molecule has 0 radical (unpaired) electrons. The molecule has 1 aromatic carbocycles. The van der Waals surface area contributed by atoms with Gasteiger partial charge in [-0.2, -0.15) is 0 Å². The summed E-state index contributed by atoms with van der Waals surface area (Å²) in [5, 5.41) is 7.70. The fourth-order valence-electron chi connectivity index (χ4n) is 3.56. The molecule has 28 heavy (non-hydrogen) atoms. The highest BCUT2D eigenvalue weighted by molar-refractivity contribution is 6.30. The van der Waals surface area contributed by atoms with E-state index >= 15 is 0 Å². The van der Waals surface area contributed by atoms with E-state index in [-0.39, 0.29) is 0 Å². The first-order valence-electron chi connectivity index (χ1n) is 9.77. The Hall–Kier alpha value is -2.50. The summed E-state index contributed by atoms with van der Waals surface area (Å²) in [6.45, 7) is 3.15. The number of piperidine rings is 1. The van der Waals surface area contributed by atoms with E-state index < -0.39 is 0 Å². The van der Waals surface area contributed by atoms with Crippen LogP contribution in [0.25, 0.3) is 22.5 Å². The van der Waals surface area contributed by atoms with E-state index in [1.165, 1.54) is 12.8 Å². The Balaban J connectivity index is 1.58. The number of hydrogen-bond donors (Lipinski definition) is 2. The van der Waals surface area contributed by atoms with Crippen molar-refractivity contribution in [2.45, 2.75) is 19.3 Å². The Morgan fingerprint density at radius 2 is 1.86 bits per heavy atom. The standard InChI is InChI=1S/C22H24ClN5/c23-19-5-3-17(4-6-19)20-15-27-21(18-2-1-10-25-14-18)28-22(20)26-13-9-16-7-11-24-12-8-16/h1-6,10,14-16,24H,7-9,11-13H2,(H,26,27,28). The van der Waals surface area contributed by atoms with Crippen molar-refractivity contribution in [3.05, 3.63) is 60.0 Å². The van der Waals surface area contributed by atoms with Crippen LogP contribution in [0, 0.1) is 5.92 Å². The summed E-state index contributed by atoms with van der Waals surface area (Å²) in [5.41, 5.74) is 2.94. The van der Waals surface area contributed by atoms with E-state index in [1.807, 2.05) is 42.6 Å². The third-order valence-electron chi connectivity index (χ3n) is 5.17. The summed E-state index contributed by atoms with van der Waals surface area (Å²) < 4.78 is 0. The first-order chi connectivity index (χ1) is 13.8. The summed E-state index contributed by atoms with van der Waals surface area (Å²) in [6, 6.07) is 11.7. The van der Waals surface area contributed by atoms with Gasteiger partial charge in [-0.25, -0.2) is 9.97 Å². The zero-order valence-corrected chi connectivity index (χ0v) is 16.5. The molecule has 1 saturated heterocycles. The van der Waals surface area contributed by atoms with Gasteiger partial charge in [-0.15, -0.1) is 0 Å². The van der Waals surface area contributed by atoms with E-state index in [0.29, 0.717) is 5.82 Å². The molecule has 0 amide bonds. The molecule has 1 aliphatic heterocycles. The van der Waals surface area contributed by atoms with Crippen LogP contribution < -0.4 is 10.6 Å². The number of halogens is 1. The summed E-state index contributed by atoms with van der Waals surface area (Å²) in [5.74, 6) is 2.30. The molecular weight excluding hydrogens is 370 g/mol. The highest BCUT2D eigenvalue weighted by atomic mass is 35.5. The Labute approximate surface area is 170 Å². The van der Waals surface area contributed by atoms with Crippen molar-refractivity contribution in [2.75, 3.05) is 25.0 Å². The number of nitrogens with one attached hydrogen (secondary N) is 2. The van der Waals surface area contributed by atoms with E-state index in [4.69, 9.17) is 16.6 Å². The number of hydrogen-bond acceptors (Lipinski definition) is 5. The van der Waals surface area contributed by atoms with Gasteiger partial charge in [-0.05, 0) is 68.1 Å². The summed E-state index contributed by atoms with van der Waals surface area (Å²) in [4.78, 5) is 13.6. The van der Waals surface area contributed by atoms with Gasteiger partial charge in [-0.3, -0.25) is 4.98 Å². The third-order valence-corrected chi connectivity index (χ3v) is 5.42. The normalized spacial score (nSPS) is 14.8. The maximum Gasteiger partial charge on any atom is 0.163 e. The number of nitrogens with zero attached hydrogens (tertiary/aromatic N) is 3. The average Bonchev–Trinajstić information content (AvgIpc) is 2.76. The Morgan fingerprint density at radius 3 is 2.61 bits per heavy atom. The average molecular weight is 394 g/mol. The van der Waals surface area contributed by atoms with E-state index in [0.717, 1.165) is 59.5 Å². The lowest BCUT2D eigenvalue weighted by Crippen LogP contribution is -2.28. The SMILES string of the molecule is Clc1ccc(-c2cnc(-c3cccnc3)nc2NCCC2CCNCC2)cc1. The fraction of sp³-hybridized carbons (Fsp3) is 0.318. The number of pyridine rings is 1. The van der Waals surface area contributed by atoms with Crippen LogP contribution in [-0.2, 0) is 0 Å². The van der Waals surface area contributed by atoms with Gasteiger partial charge in [0.1, 0.15) is 5.82 Å². The Kier molecular flexibility index (Phi) is 6.14. The van der Waals surface area contributed by atoms with Gasteiger partial charge in [0.15, 0.2) is 5.82 Å². The van der Waals surface area contributed by atoms with Crippen LogP contribution >= 0.6 is 11.6 Å². The lowest BCUT2D eigenvalue weighted by Gasteiger charge is -2.23. The third kappa shape index (κ3) is 4.66. The van der Waals surface area contributed by atoms with Crippen molar-refractivity contribution in [3.63, 3.8) is 0 Å². The molecule has 144 valence electrons. The highest BCUT2D eigenvalue weighted by Gasteiger charge is 2.14. The zero-order chi connectivity index (χ0) is 19.2. The molecule has 0 aliphatic carbocycles. The summed E-state index contributed by atoms with van der Waals surface area (Å²) in [6.07, 6.45) is 9.06. The molecule has 1 fully saturated rings. The van der Waals surface area contributed by atoms with Crippen molar-refractivity contribution in [1.82, 2.24) is 20.3 Å². The molecule has 6 heteroatoms. The topological polar surface area (TPSA) is 62.7 Å². The van der Waals surface area contributed by atoms with Crippen LogP contribution in [0.15, 0.2) is 55.0 Å². The van der Waals surface area contributed by atoms with Crippen LogP contribution in [0.1, 0.15) is 19.3 Å². The lowest BCUT2D eigenvalue weighted by molar-refractivity contribution is 0.361. The fourth-order valence-corrected chi connectivity index (χ4v) is 3.68. The van der Waals surface area contributed by atoms with E-state index in [1.54, 1.807) is 12.4 Å². The molecule has 1 aliphatic rings. The van der Waals surface area contributed by atoms with Crippen molar-refractivity contribution in [1.29, 1.82) is 0 Å². The van der Waals surface area contributed by atoms with Crippen LogP contribution in [0.4, 0.5) is 5.82 Å². The first kappa shape index (κ1) is 18.8. The molecule has 3 heterocycles. The molecule has 5 nitrogen and oxygen atoms in total. The monoisotopic (exact) mass is 393 g/mol. The van der Waals surface area contributed by atoms with Gasteiger partial charge in [0.25, 0.3) is 0 Å². The number of benzene rings is 1. The van der Waals surface area contributed by atoms with Crippen molar-refractivity contribution in [3.8, 4) is 22.5 Å². The second-order valence-electron chi connectivity index (χ2n) is 7.11. The number of aromatic nitrogens is 3. The minimum atomic E-state index is 0.676. The van der Waals surface area contributed by atoms with Crippen LogP contribution in [0.3, 0.4) is 0 Å². The van der Waals surface area contributed by atoms with Crippen LogP contribution in [0.2, 0.25) is 5.02 Å². The highest BCUT2D eigenvalue weighted by Crippen LogP contribution is 2.29. The van der Waals surface area contributed by atoms with Gasteiger partial charge >= 0.3 is 0 Å². The van der Waals surface area contributed by atoms with Gasteiger partial charge in [0.2, 0.25) is 0 Å². The van der Waals surface area contributed by atoms with Gasteiger partial charge in [0, 0.05) is 41.3 Å². The van der Waals surface area contributed by atoms with Crippen molar-refractivity contribution < 1.29 is 0 Å². The van der Waals surface area contributed by atoms with Gasteiger partial charge in [-0.1, -0.05) is 23.7 Å². The zero-order valence-electron chi connectivity index (χ0n) is 15.7. The Morgan fingerprint density at radius 1 is 1.04 bits per heavy atom. The van der Waals surface area contributed by atoms with Crippen LogP contribution in [0.5, 0.6) is 0 Å². The van der Waals surface area contributed by atoms with E-state index in [9.17, 15) is 0 Å². The number of rotatable bonds is 6.